The van der Waals surface area contributed by atoms with E-state index in [2.05, 4.69) is 10.1 Å². The van der Waals surface area contributed by atoms with Crippen LogP contribution in [0.2, 0.25) is 0 Å². The first-order valence-electron chi connectivity index (χ1n) is 7.77. The van der Waals surface area contributed by atoms with Gasteiger partial charge in [-0.15, -0.1) is 0 Å². The third-order valence-corrected chi connectivity index (χ3v) is 4.62. The van der Waals surface area contributed by atoms with E-state index in [1.165, 1.54) is 7.11 Å². The maximum Gasteiger partial charge on any atom is 0.337 e. The quantitative estimate of drug-likeness (QED) is 0.798. The maximum atomic E-state index is 11.8. The Bertz CT molecular complexity index is 742. The van der Waals surface area contributed by atoms with Crippen molar-refractivity contribution in [3.05, 3.63) is 65.7 Å². The molecule has 3 rings (SSSR count). The minimum absolute atomic E-state index is 0.0575. The fourth-order valence-electron chi connectivity index (χ4n) is 3.03. The van der Waals surface area contributed by atoms with E-state index in [0.717, 1.165) is 11.3 Å². The van der Waals surface area contributed by atoms with Crippen LogP contribution in [0.5, 0.6) is 0 Å². The number of carboxylic acid groups (broad SMARTS) is 1. The highest BCUT2D eigenvalue weighted by Gasteiger charge is 2.60. The molecule has 2 aromatic carbocycles. The van der Waals surface area contributed by atoms with Gasteiger partial charge in [0, 0.05) is 18.2 Å². The van der Waals surface area contributed by atoms with Crippen molar-refractivity contribution in [2.45, 2.75) is 12.3 Å². The maximum absolute atomic E-state index is 11.8. The van der Waals surface area contributed by atoms with E-state index in [-0.39, 0.29) is 5.92 Å². The number of methoxy groups -OCH3 is 1. The molecule has 0 aliphatic heterocycles. The van der Waals surface area contributed by atoms with Crippen LogP contribution in [-0.2, 0) is 9.53 Å². The molecule has 0 aromatic heterocycles. The van der Waals surface area contributed by atoms with Crippen LogP contribution in [0.4, 0.5) is 5.69 Å². The van der Waals surface area contributed by atoms with Gasteiger partial charge in [-0.3, -0.25) is 4.79 Å². The summed E-state index contributed by atoms with van der Waals surface area (Å²) in [5, 5.41) is 12.9. The van der Waals surface area contributed by atoms with Gasteiger partial charge in [0.15, 0.2) is 0 Å². The lowest BCUT2D eigenvalue weighted by atomic mass is 9.98. The topological polar surface area (TPSA) is 75.6 Å². The zero-order chi connectivity index (χ0) is 17.2. The van der Waals surface area contributed by atoms with Crippen molar-refractivity contribution in [1.82, 2.24) is 0 Å². The Morgan fingerprint density at radius 1 is 1.17 bits per heavy atom. The Kier molecular flexibility index (Phi) is 4.25. The number of carbonyl (C=O) groups excluding carboxylic acids is 1. The van der Waals surface area contributed by atoms with E-state index in [4.69, 9.17) is 0 Å². The monoisotopic (exact) mass is 325 g/mol. The number of nitrogens with one attached hydrogen (secondary N) is 1. The Balaban J connectivity index is 1.72. The number of para-hydroxylation sites is 1. The van der Waals surface area contributed by atoms with E-state index in [1.807, 2.05) is 42.5 Å². The van der Waals surface area contributed by atoms with Crippen molar-refractivity contribution < 1.29 is 19.4 Å². The van der Waals surface area contributed by atoms with Crippen molar-refractivity contribution in [3.63, 3.8) is 0 Å². The van der Waals surface area contributed by atoms with E-state index in [0.29, 0.717) is 18.5 Å². The van der Waals surface area contributed by atoms with Crippen molar-refractivity contribution in [2.24, 2.45) is 5.41 Å². The van der Waals surface area contributed by atoms with Crippen LogP contribution in [0.1, 0.15) is 28.3 Å². The van der Waals surface area contributed by atoms with Gasteiger partial charge in [-0.2, -0.15) is 0 Å². The number of ether oxygens (including phenoxy) is 1. The number of benzene rings is 2. The number of anilines is 1. The molecule has 0 bridgehead atoms. The number of carboxylic acids is 1. The van der Waals surface area contributed by atoms with Crippen LogP contribution < -0.4 is 5.32 Å². The zero-order valence-corrected chi connectivity index (χ0v) is 13.4. The zero-order valence-electron chi connectivity index (χ0n) is 13.4. The number of aliphatic carboxylic acids is 1. The van der Waals surface area contributed by atoms with Gasteiger partial charge in [-0.1, -0.05) is 30.3 Å². The Morgan fingerprint density at radius 3 is 2.42 bits per heavy atom. The Morgan fingerprint density at radius 2 is 1.83 bits per heavy atom. The second-order valence-corrected chi connectivity index (χ2v) is 6.05. The van der Waals surface area contributed by atoms with Gasteiger partial charge >= 0.3 is 11.9 Å². The molecule has 124 valence electrons. The van der Waals surface area contributed by atoms with Gasteiger partial charge in [0.25, 0.3) is 0 Å². The van der Waals surface area contributed by atoms with Crippen LogP contribution in [0.15, 0.2) is 54.6 Å². The summed E-state index contributed by atoms with van der Waals surface area (Å²) >= 11 is 0. The molecule has 0 unspecified atom stereocenters. The molecule has 0 radical (unpaired) electrons. The molecule has 0 saturated heterocycles. The molecule has 1 fully saturated rings. The highest BCUT2D eigenvalue weighted by Crippen LogP contribution is 2.59. The molecule has 1 saturated carbocycles. The van der Waals surface area contributed by atoms with Gasteiger partial charge in [0.2, 0.25) is 0 Å². The summed E-state index contributed by atoms with van der Waals surface area (Å²) in [5.74, 6) is -1.25. The first-order chi connectivity index (χ1) is 11.6. The lowest BCUT2D eigenvalue weighted by molar-refractivity contribution is -0.143. The lowest BCUT2D eigenvalue weighted by Gasteiger charge is -2.15. The molecule has 1 aliphatic rings. The molecule has 5 heteroatoms. The van der Waals surface area contributed by atoms with E-state index < -0.39 is 17.4 Å². The second-order valence-electron chi connectivity index (χ2n) is 6.05. The number of esters is 1. The molecular formula is C19H19NO4. The molecular weight excluding hydrogens is 306 g/mol. The van der Waals surface area contributed by atoms with Crippen molar-refractivity contribution >= 4 is 17.6 Å². The number of carbonyl (C=O) groups is 2. The molecule has 2 N–H and O–H groups in total. The summed E-state index contributed by atoms with van der Waals surface area (Å²) in [6.45, 7) is 0.371. The van der Waals surface area contributed by atoms with Crippen LogP contribution in [0.3, 0.4) is 0 Å². The summed E-state index contributed by atoms with van der Waals surface area (Å²) in [6.07, 6.45) is 0.583. The molecule has 0 amide bonds. The summed E-state index contributed by atoms with van der Waals surface area (Å²) in [6, 6.07) is 16.5. The predicted octanol–water partition coefficient (Wildman–Crippen LogP) is 3.14. The van der Waals surface area contributed by atoms with Gasteiger partial charge < -0.3 is 15.2 Å². The highest BCUT2D eigenvalue weighted by molar-refractivity contribution is 5.89. The van der Waals surface area contributed by atoms with Gasteiger partial charge in [-0.25, -0.2) is 4.79 Å². The Hall–Kier alpha value is -2.82. The van der Waals surface area contributed by atoms with Crippen LogP contribution in [-0.4, -0.2) is 30.7 Å². The summed E-state index contributed by atoms with van der Waals surface area (Å²) in [5.41, 5.74) is 1.50. The van der Waals surface area contributed by atoms with Crippen LogP contribution >= 0.6 is 0 Å². The van der Waals surface area contributed by atoms with Gasteiger partial charge in [0.05, 0.1) is 18.1 Å². The van der Waals surface area contributed by atoms with E-state index in [1.54, 1.807) is 12.1 Å². The highest BCUT2D eigenvalue weighted by atomic mass is 16.5. The van der Waals surface area contributed by atoms with Crippen molar-refractivity contribution in [3.8, 4) is 0 Å². The number of rotatable bonds is 6. The van der Waals surface area contributed by atoms with Crippen LogP contribution in [0.25, 0.3) is 0 Å². The largest absolute Gasteiger partial charge is 0.481 e. The normalized spacial score (nSPS) is 21.8. The standard InChI is InChI=1S/C19H19NO4/c1-24-17(21)14-9-7-13(8-10-14)16-11-19(16,18(22)23)12-20-15-5-3-2-4-6-15/h2-10,16,20H,11-12H2,1H3,(H,22,23)/t16-,19+/m1/s1. The van der Waals surface area contributed by atoms with E-state index in [9.17, 15) is 14.7 Å². The Labute approximate surface area is 140 Å². The van der Waals surface area contributed by atoms with Crippen molar-refractivity contribution in [1.29, 1.82) is 0 Å². The third-order valence-electron chi connectivity index (χ3n) is 4.62. The fraction of sp³-hybridized carbons (Fsp3) is 0.263. The van der Waals surface area contributed by atoms with Gasteiger partial charge in [-0.05, 0) is 36.2 Å². The molecule has 5 nitrogen and oxygen atoms in total. The number of hydrogen-bond donors (Lipinski definition) is 2. The first-order valence-corrected chi connectivity index (χ1v) is 7.77. The summed E-state index contributed by atoms with van der Waals surface area (Å²) in [7, 11) is 1.34. The minimum atomic E-state index is -0.803. The fourth-order valence-corrected chi connectivity index (χ4v) is 3.03. The first kappa shape index (κ1) is 16.1. The SMILES string of the molecule is COC(=O)c1ccc([C@H]2C[C@@]2(CNc2ccccc2)C(=O)O)cc1. The molecule has 2 atom stereocenters. The average molecular weight is 325 g/mol. The lowest BCUT2D eigenvalue weighted by Crippen LogP contribution is -2.26. The minimum Gasteiger partial charge on any atom is -0.481 e. The van der Waals surface area contributed by atoms with Crippen molar-refractivity contribution in [2.75, 3.05) is 19.0 Å². The smallest absolute Gasteiger partial charge is 0.337 e. The summed E-state index contributed by atoms with van der Waals surface area (Å²) < 4.78 is 4.68. The average Bonchev–Trinajstić information content (AvgIpc) is 3.36. The molecule has 0 spiro atoms. The third kappa shape index (κ3) is 2.97. The predicted molar refractivity (Wildman–Crippen MR) is 90.1 cm³/mol. The molecule has 2 aromatic rings. The van der Waals surface area contributed by atoms with E-state index >= 15 is 0 Å². The number of hydrogen-bond acceptors (Lipinski definition) is 4. The van der Waals surface area contributed by atoms with Crippen LogP contribution in [0, 0.1) is 5.41 Å². The second kappa shape index (κ2) is 6.35. The molecule has 1 aliphatic carbocycles. The molecule has 24 heavy (non-hydrogen) atoms. The summed E-state index contributed by atoms with van der Waals surface area (Å²) in [4.78, 5) is 23.3. The van der Waals surface area contributed by atoms with Gasteiger partial charge in [0.1, 0.15) is 0 Å². The molecule has 0 heterocycles.